The molecule has 17 nitrogen and oxygen atoms in total. The van der Waals surface area contributed by atoms with E-state index in [0.29, 0.717) is 70.0 Å². The van der Waals surface area contributed by atoms with Gasteiger partial charge >= 0.3 is 12.1 Å². The average Bonchev–Trinajstić information content (AvgIpc) is 3.90. The predicted molar refractivity (Wildman–Crippen MR) is 183 cm³/mol. The van der Waals surface area contributed by atoms with Gasteiger partial charge in [-0.25, -0.2) is 24.5 Å². The summed E-state index contributed by atoms with van der Waals surface area (Å²) < 4.78 is 2.53. The fourth-order valence-electron chi connectivity index (χ4n) is 6.74. The van der Waals surface area contributed by atoms with Crippen LogP contribution in [0.25, 0.3) is 0 Å². The molecular weight excluding hydrogens is 675 g/mol. The molecule has 0 radical (unpaired) electrons. The SMILES string of the molecule is O=C(c1cnn(C(=O)N2CCN(Cc3ncc(C4CCN4C(=O)c4cnn(C(=O)N5CCN(Cc6ccncn6)CC5)c4)s3)CC2)c1)N1CCC1. The lowest BCUT2D eigenvalue weighted by molar-refractivity contribution is 0.0467. The number of nitrogens with zero attached hydrogens (tertiary/aromatic N) is 13. The molecule has 51 heavy (non-hydrogen) atoms. The lowest BCUT2D eigenvalue weighted by Crippen LogP contribution is -2.49. The summed E-state index contributed by atoms with van der Waals surface area (Å²) in [7, 11) is 0. The smallest absolute Gasteiger partial charge is 0.338 e. The van der Waals surface area contributed by atoms with Gasteiger partial charge in [0.1, 0.15) is 11.3 Å². The lowest BCUT2D eigenvalue weighted by Gasteiger charge is -2.40. The van der Waals surface area contributed by atoms with Crippen molar-refractivity contribution >= 4 is 35.2 Å². The van der Waals surface area contributed by atoms with Gasteiger partial charge in [0.2, 0.25) is 0 Å². The minimum absolute atomic E-state index is 0.0628. The topological polar surface area (TPSA) is 162 Å². The zero-order chi connectivity index (χ0) is 34.9. The molecule has 0 spiro atoms. The second-order valence-corrected chi connectivity index (χ2v) is 14.4. The number of hydrogen-bond acceptors (Lipinski definition) is 12. The van der Waals surface area contributed by atoms with Crippen LogP contribution in [0.3, 0.4) is 0 Å². The standard InChI is InChI=1S/C33H39N13O4S/c47-30(41-5-1-6-41)24-16-37-45(19-24)32(49)43-14-10-40(11-15-43)22-29-35-18-28(51-29)27-3-7-44(27)31(48)25-17-38-46(20-25)33(50)42-12-8-39(9-13-42)21-26-2-4-34-23-36-26/h2,4,16-20,23,27H,1,3,5-15,21-22H2. The van der Waals surface area contributed by atoms with Gasteiger partial charge in [-0.3, -0.25) is 19.4 Å². The van der Waals surface area contributed by atoms with E-state index in [1.54, 1.807) is 38.6 Å². The Hall–Kier alpha value is -5.07. The third kappa shape index (κ3) is 6.98. The summed E-state index contributed by atoms with van der Waals surface area (Å²) in [6, 6.07) is 1.36. The van der Waals surface area contributed by atoms with E-state index in [0.717, 1.165) is 54.6 Å². The van der Waals surface area contributed by atoms with E-state index >= 15 is 0 Å². The minimum Gasteiger partial charge on any atom is -0.338 e. The fraction of sp³-hybridized carbons (Fsp3) is 0.485. The number of hydrogen-bond donors (Lipinski definition) is 0. The number of carbonyl (C=O) groups excluding carboxylic acids is 4. The van der Waals surface area contributed by atoms with Crippen molar-refractivity contribution in [3.63, 3.8) is 0 Å². The maximum Gasteiger partial charge on any atom is 0.344 e. The molecule has 0 bridgehead atoms. The Bertz CT molecular complexity index is 1890. The van der Waals surface area contributed by atoms with Crippen LogP contribution in [0.4, 0.5) is 9.59 Å². The largest absolute Gasteiger partial charge is 0.344 e. The Kier molecular flexibility index (Phi) is 9.26. The highest BCUT2D eigenvalue weighted by Crippen LogP contribution is 2.37. The van der Waals surface area contributed by atoms with E-state index in [1.165, 1.54) is 34.2 Å². The molecule has 8 rings (SSSR count). The maximum atomic E-state index is 13.5. The molecule has 266 valence electrons. The number of likely N-dealkylation sites (tertiary alicyclic amines) is 2. The van der Waals surface area contributed by atoms with Gasteiger partial charge in [0.15, 0.2) is 0 Å². The molecule has 0 aliphatic carbocycles. The average molecular weight is 714 g/mol. The molecule has 4 aromatic heterocycles. The molecule has 18 heteroatoms. The molecule has 1 unspecified atom stereocenters. The molecule has 4 fully saturated rings. The highest BCUT2D eigenvalue weighted by molar-refractivity contribution is 7.11. The van der Waals surface area contributed by atoms with Crippen LogP contribution in [0.1, 0.15) is 55.2 Å². The molecule has 4 aliphatic heterocycles. The lowest BCUT2D eigenvalue weighted by atomic mass is 10.0. The Morgan fingerprint density at radius 1 is 0.686 bits per heavy atom. The molecule has 0 saturated carbocycles. The molecule has 4 amide bonds. The van der Waals surface area contributed by atoms with Crippen molar-refractivity contribution in [3.8, 4) is 0 Å². The molecule has 4 aliphatic rings. The quantitative estimate of drug-likeness (QED) is 0.272. The first-order valence-corrected chi connectivity index (χ1v) is 18.1. The van der Waals surface area contributed by atoms with Gasteiger partial charge in [0.25, 0.3) is 11.8 Å². The van der Waals surface area contributed by atoms with Gasteiger partial charge in [-0.15, -0.1) is 11.3 Å². The van der Waals surface area contributed by atoms with Crippen LogP contribution in [0.5, 0.6) is 0 Å². The fourth-order valence-corrected chi connectivity index (χ4v) is 7.85. The Balaban J connectivity index is 0.800. The van der Waals surface area contributed by atoms with E-state index in [2.05, 4.69) is 34.9 Å². The van der Waals surface area contributed by atoms with Crippen LogP contribution in [0, 0.1) is 0 Å². The van der Waals surface area contributed by atoms with Gasteiger partial charge in [0.05, 0.1) is 41.8 Å². The molecule has 8 heterocycles. The second kappa shape index (κ2) is 14.3. The first-order chi connectivity index (χ1) is 24.9. The van der Waals surface area contributed by atoms with Crippen LogP contribution >= 0.6 is 11.3 Å². The minimum atomic E-state index is -0.238. The van der Waals surface area contributed by atoms with E-state index < -0.39 is 0 Å². The summed E-state index contributed by atoms with van der Waals surface area (Å²) in [5.41, 5.74) is 1.78. The summed E-state index contributed by atoms with van der Waals surface area (Å²) in [4.78, 5) is 77.7. The normalized spacial score (nSPS) is 19.9. The molecule has 0 N–H and O–H groups in total. The van der Waals surface area contributed by atoms with Crippen LogP contribution in [-0.2, 0) is 13.1 Å². The monoisotopic (exact) mass is 713 g/mol. The summed E-state index contributed by atoms with van der Waals surface area (Å²) in [5.74, 6) is -0.229. The van der Waals surface area contributed by atoms with Gasteiger partial charge in [-0.1, -0.05) is 0 Å². The van der Waals surface area contributed by atoms with Crippen LogP contribution in [0.2, 0.25) is 0 Å². The predicted octanol–water partition coefficient (Wildman–Crippen LogP) is 1.33. The van der Waals surface area contributed by atoms with Crippen molar-refractivity contribution in [1.82, 2.24) is 63.9 Å². The van der Waals surface area contributed by atoms with Crippen molar-refractivity contribution in [2.24, 2.45) is 0 Å². The van der Waals surface area contributed by atoms with E-state index in [1.807, 2.05) is 17.2 Å². The summed E-state index contributed by atoms with van der Waals surface area (Å²) in [5, 5.41) is 9.36. The van der Waals surface area contributed by atoms with Gasteiger partial charge in [0, 0.05) is 108 Å². The third-order valence-corrected chi connectivity index (χ3v) is 11.1. The summed E-state index contributed by atoms with van der Waals surface area (Å²) in [6.07, 6.45) is 13.0. The first-order valence-electron chi connectivity index (χ1n) is 17.3. The van der Waals surface area contributed by atoms with E-state index in [4.69, 9.17) is 0 Å². The Morgan fingerprint density at radius 3 is 1.86 bits per heavy atom. The van der Waals surface area contributed by atoms with Crippen LogP contribution in [-0.4, -0.2) is 160 Å². The van der Waals surface area contributed by atoms with Gasteiger partial charge in [-0.05, 0) is 18.9 Å². The highest BCUT2D eigenvalue weighted by atomic mass is 32.1. The zero-order valence-corrected chi connectivity index (χ0v) is 29.0. The van der Waals surface area contributed by atoms with Crippen molar-refractivity contribution in [1.29, 1.82) is 0 Å². The van der Waals surface area contributed by atoms with Crippen LogP contribution in [0.15, 0.2) is 49.6 Å². The van der Waals surface area contributed by atoms with Gasteiger partial charge in [-0.2, -0.15) is 19.6 Å². The summed E-state index contributed by atoms with van der Waals surface area (Å²) in [6.45, 7) is 8.56. The van der Waals surface area contributed by atoms with E-state index in [9.17, 15) is 19.2 Å². The Labute approximate surface area is 298 Å². The molecular formula is C33H39N13O4S. The second-order valence-electron chi connectivity index (χ2n) is 13.2. The van der Waals surface area contributed by atoms with Gasteiger partial charge < -0.3 is 19.6 Å². The number of piperazine rings is 2. The highest BCUT2D eigenvalue weighted by Gasteiger charge is 2.36. The van der Waals surface area contributed by atoms with Crippen molar-refractivity contribution < 1.29 is 19.2 Å². The first kappa shape index (κ1) is 33.1. The maximum absolute atomic E-state index is 13.5. The molecule has 0 aromatic carbocycles. The van der Waals surface area contributed by atoms with E-state index in [-0.39, 0.29) is 29.9 Å². The van der Waals surface area contributed by atoms with Crippen molar-refractivity contribution in [2.45, 2.75) is 32.0 Å². The van der Waals surface area contributed by atoms with Crippen molar-refractivity contribution in [2.75, 3.05) is 72.0 Å². The number of thiazole rings is 1. The Morgan fingerprint density at radius 2 is 1.31 bits per heavy atom. The van der Waals surface area contributed by atoms with Crippen LogP contribution < -0.4 is 0 Å². The van der Waals surface area contributed by atoms with Crippen molar-refractivity contribution in [3.05, 3.63) is 76.3 Å². The summed E-state index contributed by atoms with van der Waals surface area (Å²) >= 11 is 1.60. The molecule has 4 saturated heterocycles. The molecule has 1 atom stereocenters. The zero-order valence-electron chi connectivity index (χ0n) is 28.2. The number of carbonyl (C=O) groups is 4. The third-order valence-electron chi connectivity index (χ3n) is 10.0. The number of amides is 4. The number of rotatable bonds is 7. The number of aromatic nitrogens is 7. The molecule has 4 aromatic rings.